The topological polar surface area (TPSA) is 65.8 Å². The van der Waals surface area contributed by atoms with E-state index in [4.69, 9.17) is 0 Å². The molecule has 5 heteroatoms. The number of nitrogens with zero attached hydrogens (tertiary/aromatic N) is 2. The molecule has 19 heavy (non-hydrogen) atoms. The number of hydrogen-bond donors (Lipinski definition) is 1. The average molecular weight is 322 g/mol. The minimum Gasteiger partial charge on any atom is -0.309 e. The van der Waals surface area contributed by atoms with E-state index in [0.717, 1.165) is 29.3 Å². The average Bonchev–Trinajstić information content (AvgIpc) is 2.43. The summed E-state index contributed by atoms with van der Waals surface area (Å²) in [6.07, 6.45) is 5.93. The van der Waals surface area contributed by atoms with Crippen molar-refractivity contribution in [3.63, 3.8) is 0 Å². The number of aryl methyl sites for hydroxylation is 1. The van der Waals surface area contributed by atoms with Gasteiger partial charge in [0.25, 0.3) is 0 Å². The van der Waals surface area contributed by atoms with E-state index in [1.165, 1.54) is 0 Å². The van der Waals surface area contributed by atoms with Gasteiger partial charge in [-0.15, -0.1) is 0 Å². The highest BCUT2D eigenvalue weighted by Crippen LogP contribution is 2.36. The predicted octanol–water partition coefficient (Wildman–Crippen LogP) is 3.57. The molecule has 0 aliphatic heterocycles. The number of nitrogens with one attached hydrogen (secondary N) is 1. The summed E-state index contributed by atoms with van der Waals surface area (Å²) in [5.74, 6) is 0.287. The van der Waals surface area contributed by atoms with Crippen LogP contribution < -0.4 is 5.32 Å². The van der Waals surface area contributed by atoms with Crippen LogP contribution in [0.1, 0.15) is 37.7 Å². The van der Waals surface area contributed by atoms with Crippen LogP contribution in [0.3, 0.4) is 0 Å². The van der Waals surface area contributed by atoms with Crippen LogP contribution in [0.25, 0.3) is 0 Å². The fraction of sp³-hybridized carbons (Fsp3) is 0.500. The Morgan fingerprint density at radius 1 is 1.47 bits per heavy atom. The lowest BCUT2D eigenvalue weighted by Gasteiger charge is -2.28. The van der Waals surface area contributed by atoms with E-state index >= 15 is 0 Å². The number of halogens is 1. The number of carbonyl (C=O) groups excluding carboxylic acids is 1. The smallest absolute Gasteiger partial charge is 0.246 e. The lowest BCUT2D eigenvalue weighted by molar-refractivity contribution is -0.124. The first-order chi connectivity index (χ1) is 9.07. The number of carbonyl (C=O) groups is 1. The van der Waals surface area contributed by atoms with Gasteiger partial charge < -0.3 is 5.32 Å². The predicted molar refractivity (Wildman–Crippen MR) is 76.4 cm³/mol. The molecule has 0 spiro atoms. The maximum Gasteiger partial charge on any atom is 0.246 e. The zero-order valence-corrected chi connectivity index (χ0v) is 12.5. The van der Waals surface area contributed by atoms with Crippen LogP contribution in [0.15, 0.2) is 16.7 Å². The van der Waals surface area contributed by atoms with Crippen LogP contribution in [0.5, 0.6) is 0 Å². The van der Waals surface area contributed by atoms with Crippen LogP contribution in [0, 0.1) is 23.7 Å². The standard InChI is InChI=1S/C14H16BrN3O/c1-10-7-12(17-8-11(10)15)18-13(19)14(9-16)5-3-2-4-6-14/h7-8H,2-6H2,1H3,(H,17,18,19). The van der Waals surface area contributed by atoms with Crippen molar-refractivity contribution in [3.8, 4) is 6.07 Å². The number of pyridine rings is 1. The Balaban J connectivity index is 2.15. The van der Waals surface area contributed by atoms with E-state index in [9.17, 15) is 10.1 Å². The van der Waals surface area contributed by atoms with Crippen molar-refractivity contribution >= 4 is 27.7 Å². The molecule has 1 heterocycles. The van der Waals surface area contributed by atoms with Crippen LogP contribution >= 0.6 is 15.9 Å². The summed E-state index contributed by atoms with van der Waals surface area (Å²) in [4.78, 5) is 16.5. The first kappa shape index (κ1) is 14.0. The van der Waals surface area contributed by atoms with Gasteiger partial charge >= 0.3 is 0 Å². The Hall–Kier alpha value is -1.41. The molecule has 0 aromatic carbocycles. The Morgan fingerprint density at radius 2 is 2.16 bits per heavy atom. The molecule has 2 rings (SSSR count). The van der Waals surface area contributed by atoms with Gasteiger partial charge in [-0.2, -0.15) is 5.26 Å². The van der Waals surface area contributed by atoms with E-state index < -0.39 is 5.41 Å². The molecule has 1 amide bonds. The minimum atomic E-state index is -0.874. The van der Waals surface area contributed by atoms with Crippen molar-refractivity contribution in [2.24, 2.45) is 5.41 Å². The Morgan fingerprint density at radius 3 is 2.74 bits per heavy atom. The quantitative estimate of drug-likeness (QED) is 0.905. The number of anilines is 1. The Kier molecular flexibility index (Phi) is 4.20. The van der Waals surface area contributed by atoms with E-state index in [0.29, 0.717) is 18.7 Å². The van der Waals surface area contributed by atoms with Gasteiger partial charge in [0, 0.05) is 10.7 Å². The fourth-order valence-corrected chi connectivity index (χ4v) is 2.61. The number of nitriles is 1. The molecule has 1 aromatic rings. The lowest BCUT2D eigenvalue weighted by atomic mass is 9.74. The van der Waals surface area contributed by atoms with Gasteiger partial charge in [-0.1, -0.05) is 19.3 Å². The van der Waals surface area contributed by atoms with Crippen LogP contribution in [-0.2, 0) is 4.79 Å². The van der Waals surface area contributed by atoms with Gasteiger partial charge in [0.2, 0.25) is 5.91 Å². The van der Waals surface area contributed by atoms with Gasteiger partial charge in [-0.05, 0) is 47.3 Å². The van der Waals surface area contributed by atoms with Crippen LogP contribution in [-0.4, -0.2) is 10.9 Å². The SMILES string of the molecule is Cc1cc(NC(=O)C2(C#N)CCCCC2)ncc1Br. The molecule has 0 bridgehead atoms. The van der Waals surface area contributed by atoms with E-state index in [2.05, 4.69) is 32.3 Å². The molecule has 4 nitrogen and oxygen atoms in total. The van der Waals surface area contributed by atoms with Gasteiger partial charge in [0.1, 0.15) is 11.2 Å². The van der Waals surface area contributed by atoms with Gasteiger partial charge in [0.05, 0.1) is 6.07 Å². The van der Waals surface area contributed by atoms with E-state index in [1.54, 1.807) is 12.3 Å². The summed E-state index contributed by atoms with van der Waals surface area (Å²) < 4.78 is 0.901. The Bertz CT molecular complexity index is 530. The summed E-state index contributed by atoms with van der Waals surface area (Å²) in [7, 11) is 0. The second-order valence-electron chi connectivity index (χ2n) is 5.03. The number of amides is 1. The normalized spacial score (nSPS) is 17.5. The highest BCUT2D eigenvalue weighted by molar-refractivity contribution is 9.10. The van der Waals surface area contributed by atoms with Crippen molar-refractivity contribution in [1.82, 2.24) is 4.98 Å². The minimum absolute atomic E-state index is 0.219. The number of hydrogen-bond acceptors (Lipinski definition) is 3. The van der Waals surface area contributed by atoms with Crippen LogP contribution in [0.4, 0.5) is 5.82 Å². The molecular weight excluding hydrogens is 306 g/mol. The van der Waals surface area contributed by atoms with Gasteiger partial charge in [0.15, 0.2) is 0 Å². The first-order valence-corrected chi connectivity index (χ1v) is 7.21. The molecule has 1 aromatic heterocycles. The lowest BCUT2D eigenvalue weighted by Crippen LogP contribution is -2.37. The molecule has 1 saturated carbocycles. The molecule has 0 atom stereocenters. The summed E-state index contributed by atoms with van der Waals surface area (Å²) in [5.41, 5.74) is 0.126. The molecule has 1 N–H and O–H groups in total. The second kappa shape index (κ2) is 5.70. The van der Waals surface area contributed by atoms with E-state index in [-0.39, 0.29) is 5.91 Å². The molecule has 1 fully saturated rings. The third-order valence-corrected chi connectivity index (χ3v) is 4.47. The number of rotatable bonds is 2. The summed E-state index contributed by atoms with van der Waals surface area (Å²) in [6.45, 7) is 1.93. The van der Waals surface area contributed by atoms with Gasteiger partial charge in [-0.3, -0.25) is 4.79 Å². The third kappa shape index (κ3) is 2.95. The fourth-order valence-electron chi connectivity index (χ4n) is 2.39. The van der Waals surface area contributed by atoms with Crippen molar-refractivity contribution in [1.29, 1.82) is 5.26 Å². The van der Waals surface area contributed by atoms with Gasteiger partial charge in [-0.25, -0.2) is 4.98 Å². The van der Waals surface area contributed by atoms with Crippen molar-refractivity contribution in [2.75, 3.05) is 5.32 Å². The largest absolute Gasteiger partial charge is 0.309 e. The van der Waals surface area contributed by atoms with E-state index in [1.807, 2.05) is 6.92 Å². The molecule has 100 valence electrons. The molecule has 0 saturated heterocycles. The maximum absolute atomic E-state index is 12.3. The van der Waals surface area contributed by atoms with Crippen molar-refractivity contribution in [3.05, 3.63) is 22.3 Å². The van der Waals surface area contributed by atoms with Crippen molar-refractivity contribution in [2.45, 2.75) is 39.0 Å². The Labute approximate surface area is 121 Å². The summed E-state index contributed by atoms with van der Waals surface area (Å²) in [6, 6.07) is 4.02. The molecule has 0 unspecified atom stereocenters. The van der Waals surface area contributed by atoms with Crippen LogP contribution in [0.2, 0.25) is 0 Å². The molecular formula is C14H16BrN3O. The molecule has 1 aliphatic rings. The molecule has 0 radical (unpaired) electrons. The third-order valence-electron chi connectivity index (χ3n) is 3.64. The monoisotopic (exact) mass is 321 g/mol. The zero-order chi connectivity index (χ0) is 13.9. The number of aromatic nitrogens is 1. The maximum atomic E-state index is 12.3. The highest BCUT2D eigenvalue weighted by Gasteiger charge is 2.39. The van der Waals surface area contributed by atoms with Crippen molar-refractivity contribution < 1.29 is 4.79 Å². The summed E-state index contributed by atoms with van der Waals surface area (Å²) in [5, 5.41) is 12.1. The molecule has 1 aliphatic carbocycles. The highest BCUT2D eigenvalue weighted by atomic mass is 79.9. The summed E-state index contributed by atoms with van der Waals surface area (Å²) >= 11 is 3.37. The zero-order valence-electron chi connectivity index (χ0n) is 10.9. The first-order valence-electron chi connectivity index (χ1n) is 6.42. The second-order valence-corrected chi connectivity index (χ2v) is 5.88.